The first-order valence-electron chi connectivity index (χ1n) is 8.79. The molecule has 4 rings (SSSR count). The number of nitrogens with zero attached hydrogens (tertiary/aromatic N) is 4. The van der Waals surface area contributed by atoms with Gasteiger partial charge in [0.05, 0.1) is 10.4 Å². The van der Waals surface area contributed by atoms with E-state index in [1.165, 1.54) is 18.5 Å². The summed E-state index contributed by atoms with van der Waals surface area (Å²) in [6.45, 7) is 3.57. The number of rotatable bonds is 6. The summed E-state index contributed by atoms with van der Waals surface area (Å²) in [5.41, 5.74) is 1.42. The topological polar surface area (TPSA) is 90.6 Å². The van der Waals surface area contributed by atoms with Gasteiger partial charge in [-0.2, -0.15) is 0 Å². The summed E-state index contributed by atoms with van der Waals surface area (Å²) in [5.74, 6) is 2.07. The third-order valence-corrected chi connectivity index (χ3v) is 4.79. The van der Waals surface area contributed by atoms with Crippen LogP contribution in [0.2, 0.25) is 5.02 Å². The Bertz CT molecular complexity index is 1060. The van der Waals surface area contributed by atoms with Crippen LogP contribution >= 0.6 is 11.6 Å². The van der Waals surface area contributed by atoms with Gasteiger partial charge in [0, 0.05) is 24.5 Å². The Kier molecular flexibility index (Phi) is 4.87. The number of nitro benzene ring substituents is 1. The Morgan fingerprint density at radius 2 is 2.04 bits per heavy atom. The van der Waals surface area contributed by atoms with Crippen LogP contribution in [0.15, 0.2) is 36.7 Å². The Morgan fingerprint density at radius 3 is 2.82 bits per heavy atom. The van der Waals surface area contributed by atoms with Crippen molar-refractivity contribution in [3.63, 3.8) is 0 Å². The lowest BCUT2D eigenvalue weighted by atomic mass is 10.1. The number of ether oxygens (including phenoxy) is 2. The SMILES string of the molecule is CCCN(Cc1ccc2c(c1)OCO2)c1ncnc2cc(Cl)c([N+](=O)[O-])cc12. The average molecular weight is 401 g/mol. The zero-order valence-electron chi connectivity index (χ0n) is 15.1. The van der Waals surface area contributed by atoms with Crippen LogP contribution in [0.1, 0.15) is 18.9 Å². The van der Waals surface area contributed by atoms with Crippen molar-refractivity contribution < 1.29 is 14.4 Å². The van der Waals surface area contributed by atoms with Gasteiger partial charge in [-0.05, 0) is 30.2 Å². The molecule has 0 spiro atoms. The van der Waals surface area contributed by atoms with Crippen molar-refractivity contribution in [3.8, 4) is 11.5 Å². The molecular weight excluding hydrogens is 384 g/mol. The molecule has 0 fully saturated rings. The Balaban J connectivity index is 1.76. The van der Waals surface area contributed by atoms with E-state index in [9.17, 15) is 10.1 Å². The highest BCUT2D eigenvalue weighted by atomic mass is 35.5. The van der Waals surface area contributed by atoms with Crippen LogP contribution in [0.25, 0.3) is 10.9 Å². The van der Waals surface area contributed by atoms with Gasteiger partial charge in [-0.3, -0.25) is 10.1 Å². The van der Waals surface area contributed by atoms with Gasteiger partial charge in [0.15, 0.2) is 11.5 Å². The molecule has 0 unspecified atom stereocenters. The largest absolute Gasteiger partial charge is 0.454 e. The highest BCUT2D eigenvalue weighted by molar-refractivity contribution is 6.33. The van der Waals surface area contributed by atoms with Crippen LogP contribution in [0.5, 0.6) is 11.5 Å². The first-order chi connectivity index (χ1) is 13.6. The Hall–Kier alpha value is -3.13. The standard InChI is InChI=1S/C19H17ClN4O4/c1-2-5-23(9-12-3-4-17-18(6-12)28-11-27-17)19-13-7-16(24(25)26)14(20)8-15(13)21-10-22-19/h3-4,6-8,10H,2,5,9,11H2,1H3. The van der Waals surface area contributed by atoms with Crippen molar-refractivity contribution >= 4 is 34.0 Å². The first kappa shape index (κ1) is 18.2. The quantitative estimate of drug-likeness (QED) is 0.449. The molecule has 1 aliphatic heterocycles. The predicted octanol–water partition coefficient (Wildman–Crippen LogP) is 4.34. The molecule has 0 amide bonds. The molecule has 0 saturated carbocycles. The van der Waals surface area contributed by atoms with E-state index in [1.54, 1.807) is 0 Å². The van der Waals surface area contributed by atoms with E-state index in [2.05, 4.69) is 21.8 Å². The lowest BCUT2D eigenvalue weighted by Crippen LogP contribution is -2.25. The van der Waals surface area contributed by atoms with Gasteiger partial charge in [0.25, 0.3) is 5.69 Å². The van der Waals surface area contributed by atoms with Crippen molar-refractivity contribution in [2.24, 2.45) is 0 Å². The molecule has 0 saturated heterocycles. The zero-order chi connectivity index (χ0) is 19.7. The lowest BCUT2D eigenvalue weighted by Gasteiger charge is -2.24. The fourth-order valence-corrected chi connectivity index (χ4v) is 3.46. The molecule has 0 atom stereocenters. The molecule has 8 nitrogen and oxygen atoms in total. The van der Waals surface area contributed by atoms with Crippen LogP contribution in [-0.4, -0.2) is 28.2 Å². The third kappa shape index (κ3) is 3.38. The minimum Gasteiger partial charge on any atom is -0.454 e. The molecule has 1 aliphatic rings. The summed E-state index contributed by atoms with van der Waals surface area (Å²) < 4.78 is 10.8. The van der Waals surface area contributed by atoms with Crippen LogP contribution in [0, 0.1) is 10.1 Å². The molecule has 0 aliphatic carbocycles. The molecule has 3 aromatic rings. The molecular formula is C19H17ClN4O4. The molecule has 0 radical (unpaired) electrons. The highest BCUT2D eigenvalue weighted by Gasteiger charge is 2.20. The first-order valence-corrected chi connectivity index (χ1v) is 9.16. The van der Waals surface area contributed by atoms with Gasteiger partial charge in [-0.25, -0.2) is 9.97 Å². The van der Waals surface area contributed by atoms with Gasteiger partial charge in [0.1, 0.15) is 17.2 Å². The summed E-state index contributed by atoms with van der Waals surface area (Å²) >= 11 is 6.03. The summed E-state index contributed by atoms with van der Waals surface area (Å²) in [6.07, 6.45) is 2.33. The number of fused-ring (bicyclic) bond motifs is 2. The maximum absolute atomic E-state index is 11.3. The van der Waals surface area contributed by atoms with E-state index >= 15 is 0 Å². The van der Waals surface area contributed by atoms with Gasteiger partial charge in [-0.1, -0.05) is 24.6 Å². The van der Waals surface area contributed by atoms with Gasteiger partial charge in [0.2, 0.25) is 6.79 Å². The van der Waals surface area contributed by atoms with Gasteiger partial charge >= 0.3 is 0 Å². The van der Waals surface area contributed by atoms with Crippen LogP contribution in [-0.2, 0) is 6.54 Å². The molecule has 28 heavy (non-hydrogen) atoms. The molecule has 1 aromatic heterocycles. The number of benzene rings is 2. The van der Waals surface area contributed by atoms with Crippen LogP contribution < -0.4 is 14.4 Å². The predicted molar refractivity (Wildman–Crippen MR) is 105 cm³/mol. The summed E-state index contributed by atoms with van der Waals surface area (Å²) in [5, 5.41) is 12.0. The van der Waals surface area contributed by atoms with Crippen molar-refractivity contribution in [2.45, 2.75) is 19.9 Å². The number of hydrogen-bond donors (Lipinski definition) is 0. The van der Waals surface area contributed by atoms with Crippen molar-refractivity contribution in [3.05, 3.63) is 57.4 Å². The van der Waals surface area contributed by atoms with Crippen LogP contribution in [0.3, 0.4) is 0 Å². The van der Waals surface area contributed by atoms with Crippen molar-refractivity contribution in [2.75, 3.05) is 18.2 Å². The monoisotopic (exact) mass is 400 g/mol. The van der Waals surface area contributed by atoms with E-state index in [-0.39, 0.29) is 17.5 Å². The van der Waals surface area contributed by atoms with E-state index < -0.39 is 4.92 Å². The van der Waals surface area contributed by atoms with E-state index in [0.717, 1.165) is 24.3 Å². The normalized spacial score (nSPS) is 12.4. The molecule has 144 valence electrons. The van der Waals surface area contributed by atoms with Crippen molar-refractivity contribution in [1.29, 1.82) is 0 Å². The van der Waals surface area contributed by atoms with E-state index in [0.29, 0.717) is 29.0 Å². The lowest BCUT2D eigenvalue weighted by molar-refractivity contribution is -0.384. The van der Waals surface area contributed by atoms with E-state index in [1.807, 2.05) is 18.2 Å². The van der Waals surface area contributed by atoms with Crippen molar-refractivity contribution in [1.82, 2.24) is 9.97 Å². The minimum atomic E-state index is -0.499. The maximum atomic E-state index is 11.3. The summed E-state index contributed by atoms with van der Waals surface area (Å²) in [4.78, 5) is 21.5. The second-order valence-corrected chi connectivity index (χ2v) is 6.79. The second-order valence-electron chi connectivity index (χ2n) is 6.38. The fraction of sp³-hybridized carbons (Fsp3) is 0.263. The van der Waals surface area contributed by atoms with Gasteiger partial charge < -0.3 is 14.4 Å². The molecule has 0 N–H and O–H groups in total. The van der Waals surface area contributed by atoms with Gasteiger partial charge in [-0.15, -0.1) is 0 Å². The number of nitro groups is 1. The van der Waals surface area contributed by atoms with Crippen LogP contribution in [0.4, 0.5) is 11.5 Å². The minimum absolute atomic E-state index is 0.0555. The Morgan fingerprint density at radius 1 is 1.21 bits per heavy atom. The smallest absolute Gasteiger partial charge is 0.288 e. The number of halogens is 1. The number of hydrogen-bond acceptors (Lipinski definition) is 7. The average Bonchev–Trinajstić information content (AvgIpc) is 3.14. The highest BCUT2D eigenvalue weighted by Crippen LogP contribution is 2.35. The molecule has 9 heteroatoms. The number of anilines is 1. The third-order valence-electron chi connectivity index (χ3n) is 4.48. The number of aromatic nitrogens is 2. The summed E-state index contributed by atoms with van der Waals surface area (Å²) in [7, 11) is 0. The maximum Gasteiger partial charge on any atom is 0.288 e. The second kappa shape index (κ2) is 7.47. The molecule has 2 aromatic carbocycles. The Labute approximate surface area is 165 Å². The molecule has 2 heterocycles. The fourth-order valence-electron chi connectivity index (χ4n) is 3.23. The zero-order valence-corrected chi connectivity index (χ0v) is 15.8. The molecule has 0 bridgehead atoms. The van der Waals surface area contributed by atoms with E-state index in [4.69, 9.17) is 21.1 Å². The summed E-state index contributed by atoms with van der Waals surface area (Å²) in [6, 6.07) is 8.73.